The van der Waals surface area contributed by atoms with Crippen molar-refractivity contribution in [3.8, 4) is 0 Å². The Kier molecular flexibility index (Phi) is 6.12. The zero-order chi connectivity index (χ0) is 15.8. The molecule has 0 aromatic heterocycles. The molecule has 0 radical (unpaired) electrons. The number of hydrogen-bond donors (Lipinski definition) is 4. The molecule has 0 saturated carbocycles. The van der Waals surface area contributed by atoms with Crippen LogP contribution in [0.15, 0.2) is 54.6 Å². The third-order valence-corrected chi connectivity index (χ3v) is 3.43. The zero-order valence-corrected chi connectivity index (χ0v) is 13.9. The molecule has 2 aromatic rings. The molecule has 4 N–H and O–H groups in total. The number of benzene rings is 2. The summed E-state index contributed by atoms with van der Waals surface area (Å²) >= 11 is 10.4. The maximum atomic E-state index is 5.22. The minimum Gasteiger partial charge on any atom is -0.357 e. The van der Waals surface area contributed by atoms with Gasteiger partial charge in [-0.05, 0) is 48.6 Å². The number of thiocarbonyl (C=S) groups is 2. The molecule has 2 rings (SSSR count). The molecule has 0 amide bonds. The van der Waals surface area contributed by atoms with Crippen LogP contribution >= 0.6 is 24.4 Å². The Hall–Kier alpha value is -2.18. The minimum atomic E-state index is 0.457. The van der Waals surface area contributed by atoms with Crippen molar-refractivity contribution in [2.75, 3.05) is 5.32 Å². The number of rotatable bonds is 3. The Labute approximate surface area is 141 Å². The van der Waals surface area contributed by atoms with E-state index in [-0.39, 0.29) is 0 Å². The van der Waals surface area contributed by atoms with E-state index in [9.17, 15) is 0 Å². The van der Waals surface area contributed by atoms with Gasteiger partial charge in [-0.2, -0.15) is 0 Å². The second-order valence-electron chi connectivity index (χ2n) is 4.69. The third kappa shape index (κ3) is 5.31. The molecule has 0 heterocycles. The van der Waals surface area contributed by atoms with Crippen molar-refractivity contribution >= 4 is 40.3 Å². The molecule has 0 fully saturated rings. The Bertz CT molecular complexity index is 644. The van der Waals surface area contributed by atoms with Gasteiger partial charge >= 0.3 is 0 Å². The molecule has 0 atom stereocenters. The molecule has 0 aliphatic rings. The van der Waals surface area contributed by atoms with Gasteiger partial charge in [0.1, 0.15) is 0 Å². The van der Waals surface area contributed by atoms with Crippen LogP contribution in [0.1, 0.15) is 11.1 Å². The number of aryl methyl sites for hydroxylation is 1. The van der Waals surface area contributed by atoms with Crippen LogP contribution in [0.3, 0.4) is 0 Å². The van der Waals surface area contributed by atoms with Crippen LogP contribution in [0.4, 0.5) is 5.69 Å². The van der Waals surface area contributed by atoms with Gasteiger partial charge in [0.15, 0.2) is 10.2 Å². The number of nitrogens with one attached hydrogen (secondary N) is 4. The number of hydrazine groups is 1. The number of para-hydroxylation sites is 1. The van der Waals surface area contributed by atoms with Crippen LogP contribution in [-0.2, 0) is 6.54 Å². The highest BCUT2D eigenvalue weighted by molar-refractivity contribution is 7.80. The number of hydrogen-bond acceptors (Lipinski definition) is 2. The first-order valence-electron chi connectivity index (χ1n) is 6.85. The van der Waals surface area contributed by atoms with E-state index in [1.165, 1.54) is 0 Å². The van der Waals surface area contributed by atoms with Gasteiger partial charge in [0, 0.05) is 12.2 Å². The predicted octanol–water partition coefficient (Wildman–Crippen LogP) is 2.86. The maximum Gasteiger partial charge on any atom is 0.189 e. The average molecular weight is 330 g/mol. The van der Waals surface area contributed by atoms with Crippen molar-refractivity contribution in [2.45, 2.75) is 13.5 Å². The highest BCUT2D eigenvalue weighted by Gasteiger charge is 2.01. The number of anilines is 1. The summed E-state index contributed by atoms with van der Waals surface area (Å²) in [4.78, 5) is 0. The lowest BCUT2D eigenvalue weighted by molar-refractivity contribution is 0.809. The van der Waals surface area contributed by atoms with Crippen molar-refractivity contribution in [3.63, 3.8) is 0 Å². The summed E-state index contributed by atoms with van der Waals surface area (Å²) in [5, 5.41) is 7.15. The molecular weight excluding hydrogens is 312 g/mol. The zero-order valence-electron chi connectivity index (χ0n) is 12.2. The molecule has 0 bridgehead atoms. The second kappa shape index (κ2) is 8.31. The van der Waals surface area contributed by atoms with Crippen LogP contribution in [0.2, 0.25) is 0 Å². The largest absolute Gasteiger partial charge is 0.357 e. The Balaban J connectivity index is 1.72. The molecule has 0 spiro atoms. The molecule has 114 valence electrons. The SMILES string of the molecule is Cc1ccccc1NC(=S)NNC(=S)NCc1ccccc1. The smallest absolute Gasteiger partial charge is 0.189 e. The maximum absolute atomic E-state index is 5.22. The summed E-state index contributed by atoms with van der Waals surface area (Å²) in [7, 11) is 0. The fraction of sp³-hybridized carbons (Fsp3) is 0.125. The summed E-state index contributed by atoms with van der Waals surface area (Å²) in [6, 6.07) is 18.0. The fourth-order valence-corrected chi connectivity index (χ4v) is 2.09. The molecular formula is C16H18N4S2. The summed E-state index contributed by atoms with van der Waals surface area (Å²) in [5.41, 5.74) is 8.96. The second-order valence-corrected chi connectivity index (χ2v) is 5.50. The van der Waals surface area contributed by atoms with E-state index in [0.717, 1.165) is 16.8 Å². The van der Waals surface area contributed by atoms with E-state index < -0.39 is 0 Å². The molecule has 2 aromatic carbocycles. The van der Waals surface area contributed by atoms with Crippen LogP contribution in [0, 0.1) is 6.92 Å². The van der Waals surface area contributed by atoms with Gasteiger partial charge in [-0.3, -0.25) is 10.9 Å². The molecule has 4 nitrogen and oxygen atoms in total. The first kappa shape index (κ1) is 16.2. The lowest BCUT2D eigenvalue weighted by Crippen LogP contribution is -2.48. The van der Waals surface area contributed by atoms with Gasteiger partial charge in [0.25, 0.3) is 0 Å². The summed E-state index contributed by atoms with van der Waals surface area (Å²) in [6.45, 7) is 2.68. The highest BCUT2D eigenvalue weighted by atomic mass is 32.1. The summed E-state index contributed by atoms with van der Waals surface area (Å²) < 4.78 is 0. The van der Waals surface area contributed by atoms with E-state index in [0.29, 0.717) is 16.8 Å². The van der Waals surface area contributed by atoms with Gasteiger partial charge in [-0.1, -0.05) is 48.5 Å². The van der Waals surface area contributed by atoms with Crippen molar-refractivity contribution < 1.29 is 0 Å². The van der Waals surface area contributed by atoms with Crippen LogP contribution in [0.5, 0.6) is 0 Å². The third-order valence-electron chi connectivity index (χ3n) is 2.98. The van der Waals surface area contributed by atoms with Crippen LogP contribution < -0.4 is 21.5 Å². The molecule has 22 heavy (non-hydrogen) atoms. The van der Waals surface area contributed by atoms with Crippen molar-refractivity contribution in [3.05, 3.63) is 65.7 Å². The van der Waals surface area contributed by atoms with Gasteiger partial charge in [-0.25, -0.2) is 0 Å². The molecule has 0 aliphatic heterocycles. The van der Waals surface area contributed by atoms with E-state index >= 15 is 0 Å². The van der Waals surface area contributed by atoms with E-state index in [2.05, 4.69) is 21.5 Å². The van der Waals surface area contributed by atoms with Gasteiger partial charge in [-0.15, -0.1) is 0 Å². The van der Waals surface area contributed by atoms with Crippen LogP contribution in [0.25, 0.3) is 0 Å². The van der Waals surface area contributed by atoms with Gasteiger partial charge in [0.05, 0.1) is 0 Å². The Morgan fingerprint density at radius 3 is 2.23 bits per heavy atom. The topological polar surface area (TPSA) is 48.1 Å². The standard InChI is InChI=1S/C16H18N4S2/c1-12-7-5-6-10-14(12)18-16(22)20-19-15(21)17-11-13-8-3-2-4-9-13/h2-10H,11H2,1H3,(H2,17,19,21)(H2,18,20,22). The quantitative estimate of drug-likeness (QED) is 0.513. The lowest BCUT2D eigenvalue weighted by atomic mass is 10.2. The molecule has 0 unspecified atom stereocenters. The normalized spacial score (nSPS) is 9.68. The van der Waals surface area contributed by atoms with Gasteiger partial charge in [0.2, 0.25) is 0 Å². The first-order chi connectivity index (χ1) is 10.6. The van der Waals surface area contributed by atoms with Crippen LogP contribution in [-0.4, -0.2) is 10.2 Å². The van der Waals surface area contributed by atoms with Crippen molar-refractivity contribution in [2.24, 2.45) is 0 Å². The van der Waals surface area contributed by atoms with Gasteiger partial charge < -0.3 is 10.6 Å². The monoisotopic (exact) mass is 330 g/mol. The first-order valence-corrected chi connectivity index (χ1v) is 7.67. The van der Waals surface area contributed by atoms with Crippen molar-refractivity contribution in [1.29, 1.82) is 0 Å². The summed E-state index contributed by atoms with van der Waals surface area (Å²) in [5.74, 6) is 0. The fourth-order valence-electron chi connectivity index (χ4n) is 1.80. The molecule has 0 aliphatic carbocycles. The predicted molar refractivity (Wildman–Crippen MR) is 99.6 cm³/mol. The average Bonchev–Trinajstić information content (AvgIpc) is 2.54. The van der Waals surface area contributed by atoms with E-state index in [1.54, 1.807) is 0 Å². The van der Waals surface area contributed by atoms with Crippen molar-refractivity contribution in [1.82, 2.24) is 16.2 Å². The van der Waals surface area contributed by atoms with E-state index in [4.69, 9.17) is 24.4 Å². The van der Waals surface area contributed by atoms with E-state index in [1.807, 2.05) is 61.5 Å². The Morgan fingerprint density at radius 2 is 1.50 bits per heavy atom. The Morgan fingerprint density at radius 1 is 0.864 bits per heavy atom. The summed E-state index contributed by atoms with van der Waals surface area (Å²) in [6.07, 6.45) is 0. The lowest BCUT2D eigenvalue weighted by Gasteiger charge is -2.15. The highest BCUT2D eigenvalue weighted by Crippen LogP contribution is 2.12. The molecule has 0 saturated heterocycles. The minimum absolute atomic E-state index is 0.457. The molecule has 6 heteroatoms.